The van der Waals surface area contributed by atoms with Gasteiger partial charge in [0.1, 0.15) is 0 Å². The van der Waals surface area contributed by atoms with Gasteiger partial charge in [0, 0.05) is 12.5 Å². The average molecular weight is 157 g/mol. The molecule has 0 bridgehead atoms. The molecule has 0 saturated carbocycles. The Labute approximate surface area is 64.9 Å². The number of hydrogen-bond donors (Lipinski definition) is 1. The first-order valence-electron chi connectivity index (χ1n) is 3.62. The van der Waals surface area contributed by atoms with Gasteiger partial charge in [-0.05, 0) is 6.42 Å². The number of ether oxygens (including phenoxy) is 1. The Morgan fingerprint density at radius 3 is 3.00 bits per heavy atom. The third-order valence-electron chi connectivity index (χ3n) is 1.82. The maximum absolute atomic E-state index is 10.9. The number of aliphatic imine (C=N–C) groups is 1. The summed E-state index contributed by atoms with van der Waals surface area (Å²) in [5.41, 5.74) is 0. The standard InChI is InChI=1S/C7H11NO3/c1-2-5(3-9)6-7(10)8-4-11-6/h4-6,9H,2-3H2,1H3. The fourth-order valence-electron chi connectivity index (χ4n) is 1.03. The summed E-state index contributed by atoms with van der Waals surface area (Å²) in [4.78, 5) is 14.3. The van der Waals surface area contributed by atoms with E-state index < -0.39 is 6.10 Å². The van der Waals surface area contributed by atoms with Crippen LogP contribution in [-0.2, 0) is 9.53 Å². The summed E-state index contributed by atoms with van der Waals surface area (Å²) < 4.78 is 4.91. The van der Waals surface area contributed by atoms with E-state index in [0.29, 0.717) is 0 Å². The van der Waals surface area contributed by atoms with Gasteiger partial charge in [-0.25, -0.2) is 0 Å². The van der Waals surface area contributed by atoms with Crippen molar-refractivity contribution in [3.63, 3.8) is 0 Å². The van der Waals surface area contributed by atoms with Crippen molar-refractivity contribution in [2.75, 3.05) is 6.61 Å². The highest BCUT2D eigenvalue weighted by atomic mass is 16.5. The Kier molecular flexibility index (Phi) is 2.59. The number of aliphatic hydroxyl groups is 1. The van der Waals surface area contributed by atoms with E-state index in [4.69, 9.17) is 9.84 Å². The minimum Gasteiger partial charge on any atom is -0.470 e. The first-order chi connectivity index (χ1) is 5.29. The summed E-state index contributed by atoms with van der Waals surface area (Å²) in [6, 6.07) is 0. The van der Waals surface area contributed by atoms with Gasteiger partial charge in [0.25, 0.3) is 5.91 Å². The van der Waals surface area contributed by atoms with Crippen LogP contribution in [0, 0.1) is 5.92 Å². The summed E-state index contributed by atoms with van der Waals surface area (Å²) in [6.45, 7) is 1.87. The Hall–Kier alpha value is -0.900. The third kappa shape index (κ3) is 1.57. The van der Waals surface area contributed by atoms with E-state index in [2.05, 4.69) is 4.99 Å². The molecule has 0 aliphatic carbocycles. The van der Waals surface area contributed by atoms with E-state index in [1.54, 1.807) is 0 Å². The van der Waals surface area contributed by atoms with Crippen LogP contribution in [-0.4, -0.2) is 30.1 Å². The lowest BCUT2D eigenvalue weighted by molar-refractivity contribution is -0.125. The van der Waals surface area contributed by atoms with Crippen molar-refractivity contribution in [3.05, 3.63) is 0 Å². The van der Waals surface area contributed by atoms with Crippen molar-refractivity contribution >= 4 is 12.3 Å². The van der Waals surface area contributed by atoms with Crippen LogP contribution in [0.5, 0.6) is 0 Å². The zero-order chi connectivity index (χ0) is 8.27. The molecule has 0 aromatic carbocycles. The van der Waals surface area contributed by atoms with Crippen LogP contribution in [0.25, 0.3) is 0 Å². The number of hydrogen-bond acceptors (Lipinski definition) is 3. The molecule has 2 unspecified atom stereocenters. The minimum absolute atomic E-state index is 0.0315. The van der Waals surface area contributed by atoms with E-state index >= 15 is 0 Å². The molecule has 1 N–H and O–H groups in total. The molecule has 1 amide bonds. The summed E-state index contributed by atoms with van der Waals surface area (Å²) in [5.74, 6) is -0.407. The highest BCUT2D eigenvalue weighted by Crippen LogP contribution is 2.15. The normalized spacial score (nSPS) is 25.3. The number of carbonyl (C=O) groups is 1. The van der Waals surface area contributed by atoms with Crippen molar-refractivity contribution < 1.29 is 14.6 Å². The largest absolute Gasteiger partial charge is 0.470 e. The molecule has 0 fully saturated rings. The molecule has 0 saturated heterocycles. The van der Waals surface area contributed by atoms with Gasteiger partial charge < -0.3 is 9.84 Å². The highest BCUT2D eigenvalue weighted by Gasteiger charge is 2.30. The Bertz CT molecular complexity index is 175. The van der Waals surface area contributed by atoms with Gasteiger partial charge in [0.15, 0.2) is 12.5 Å². The lowest BCUT2D eigenvalue weighted by Crippen LogP contribution is -2.29. The summed E-state index contributed by atoms with van der Waals surface area (Å²) in [7, 11) is 0. The van der Waals surface area contributed by atoms with Crippen molar-refractivity contribution in [2.45, 2.75) is 19.4 Å². The van der Waals surface area contributed by atoms with Crippen LogP contribution in [0.3, 0.4) is 0 Å². The SMILES string of the molecule is CCC(CO)C1OC=NC1=O. The van der Waals surface area contributed by atoms with Crippen LogP contribution in [0.15, 0.2) is 4.99 Å². The van der Waals surface area contributed by atoms with Crippen molar-refractivity contribution in [1.29, 1.82) is 0 Å². The monoisotopic (exact) mass is 157 g/mol. The fraction of sp³-hybridized carbons (Fsp3) is 0.714. The maximum atomic E-state index is 10.9. The number of rotatable bonds is 3. The molecular formula is C7H11NO3. The lowest BCUT2D eigenvalue weighted by atomic mass is 10.0. The molecule has 0 spiro atoms. The second-order valence-corrected chi connectivity index (χ2v) is 2.48. The van der Waals surface area contributed by atoms with Crippen LogP contribution in [0.4, 0.5) is 0 Å². The smallest absolute Gasteiger partial charge is 0.289 e. The zero-order valence-electron chi connectivity index (χ0n) is 6.36. The Balaban J connectivity index is 2.53. The molecule has 1 rings (SSSR count). The Morgan fingerprint density at radius 2 is 2.64 bits per heavy atom. The van der Waals surface area contributed by atoms with Crippen molar-refractivity contribution in [2.24, 2.45) is 10.9 Å². The molecule has 0 aromatic heterocycles. The third-order valence-corrected chi connectivity index (χ3v) is 1.82. The van der Waals surface area contributed by atoms with Gasteiger partial charge in [-0.1, -0.05) is 6.92 Å². The fourth-order valence-corrected chi connectivity index (χ4v) is 1.03. The molecule has 1 aliphatic heterocycles. The van der Waals surface area contributed by atoms with Gasteiger partial charge in [-0.15, -0.1) is 0 Å². The predicted molar refractivity (Wildman–Crippen MR) is 39.2 cm³/mol. The molecule has 4 nitrogen and oxygen atoms in total. The van der Waals surface area contributed by atoms with E-state index in [9.17, 15) is 4.79 Å². The first kappa shape index (κ1) is 8.20. The topological polar surface area (TPSA) is 58.9 Å². The lowest BCUT2D eigenvalue weighted by Gasteiger charge is -2.15. The molecule has 1 heterocycles. The predicted octanol–water partition coefficient (Wildman–Crippen LogP) is -0.0414. The zero-order valence-corrected chi connectivity index (χ0v) is 6.36. The highest BCUT2D eigenvalue weighted by molar-refractivity contribution is 5.91. The number of carbonyl (C=O) groups excluding carboxylic acids is 1. The number of aliphatic hydroxyl groups excluding tert-OH is 1. The summed E-state index contributed by atoms with van der Waals surface area (Å²) in [6.07, 6.45) is 1.31. The maximum Gasteiger partial charge on any atom is 0.289 e. The number of nitrogens with zero attached hydrogens (tertiary/aromatic N) is 1. The van der Waals surface area contributed by atoms with E-state index in [1.807, 2.05) is 6.92 Å². The molecule has 0 radical (unpaired) electrons. The average Bonchev–Trinajstić information content (AvgIpc) is 2.40. The quantitative estimate of drug-likeness (QED) is 0.625. The van der Waals surface area contributed by atoms with Gasteiger partial charge >= 0.3 is 0 Å². The molecule has 1 aliphatic rings. The van der Waals surface area contributed by atoms with Crippen LogP contribution >= 0.6 is 0 Å². The van der Waals surface area contributed by atoms with Crippen LogP contribution in [0.2, 0.25) is 0 Å². The summed E-state index contributed by atoms with van der Waals surface area (Å²) in [5, 5.41) is 8.82. The van der Waals surface area contributed by atoms with Gasteiger partial charge in [-0.2, -0.15) is 4.99 Å². The minimum atomic E-state index is -0.551. The van der Waals surface area contributed by atoms with Gasteiger partial charge in [0.2, 0.25) is 0 Å². The molecule has 62 valence electrons. The molecule has 0 aromatic rings. The Morgan fingerprint density at radius 1 is 1.91 bits per heavy atom. The second-order valence-electron chi connectivity index (χ2n) is 2.48. The van der Waals surface area contributed by atoms with Crippen molar-refractivity contribution in [3.8, 4) is 0 Å². The molecular weight excluding hydrogens is 146 g/mol. The molecule has 11 heavy (non-hydrogen) atoms. The van der Waals surface area contributed by atoms with Gasteiger partial charge in [-0.3, -0.25) is 4.79 Å². The van der Waals surface area contributed by atoms with E-state index in [0.717, 1.165) is 12.8 Å². The van der Waals surface area contributed by atoms with Crippen LogP contribution < -0.4 is 0 Å². The van der Waals surface area contributed by atoms with Gasteiger partial charge in [0.05, 0.1) is 0 Å². The van der Waals surface area contributed by atoms with E-state index in [1.165, 1.54) is 0 Å². The van der Waals surface area contributed by atoms with Crippen LogP contribution in [0.1, 0.15) is 13.3 Å². The molecule has 2 atom stereocenters. The van der Waals surface area contributed by atoms with Crippen molar-refractivity contribution in [1.82, 2.24) is 0 Å². The summed E-state index contributed by atoms with van der Waals surface area (Å²) >= 11 is 0. The first-order valence-corrected chi connectivity index (χ1v) is 3.62. The van der Waals surface area contributed by atoms with E-state index in [-0.39, 0.29) is 18.4 Å². The number of amides is 1. The molecule has 4 heteroatoms. The second kappa shape index (κ2) is 3.48.